The van der Waals surface area contributed by atoms with Gasteiger partial charge in [-0.2, -0.15) is 0 Å². The third-order valence-electron chi connectivity index (χ3n) is 6.25. The second-order valence-electron chi connectivity index (χ2n) is 8.49. The normalized spacial score (nSPS) is 17.6. The number of halogens is 1. The maximum Gasteiger partial charge on any atom is 0.305 e. The first kappa shape index (κ1) is 22.9. The van der Waals surface area contributed by atoms with Crippen molar-refractivity contribution in [1.82, 2.24) is 9.80 Å². The average molecular weight is 469 g/mol. The maximum atomic E-state index is 13.6. The van der Waals surface area contributed by atoms with Crippen molar-refractivity contribution in [1.29, 1.82) is 0 Å². The summed E-state index contributed by atoms with van der Waals surface area (Å²) >= 11 is 5.96. The number of fused-ring (bicyclic) bond motifs is 1. The minimum Gasteiger partial charge on any atom is -0.481 e. The van der Waals surface area contributed by atoms with E-state index in [9.17, 15) is 14.4 Å². The van der Waals surface area contributed by atoms with E-state index >= 15 is 0 Å². The second-order valence-corrected chi connectivity index (χ2v) is 8.93. The predicted molar refractivity (Wildman–Crippen MR) is 124 cm³/mol. The first-order chi connectivity index (χ1) is 15.8. The maximum absolute atomic E-state index is 13.6. The van der Waals surface area contributed by atoms with Gasteiger partial charge in [-0.3, -0.25) is 14.4 Å². The quantitative estimate of drug-likeness (QED) is 0.537. The Kier molecular flexibility index (Phi) is 6.42. The Bertz CT molecular complexity index is 1190. The SMILES string of the molecule is CC1(C(=O)N(CCC(=O)O)Cc2ccc(Cl)cc2)CCN1C(=O)Cc1occ2ccccc12. The van der Waals surface area contributed by atoms with Crippen molar-refractivity contribution < 1.29 is 23.9 Å². The van der Waals surface area contributed by atoms with Gasteiger partial charge in [-0.15, -0.1) is 0 Å². The van der Waals surface area contributed by atoms with Crippen LogP contribution in [0.5, 0.6) is 0 Å². The van der Waals surface area contributed by atoms with Crippen LogP contribution in [0.15, 0.2) is 59.2 Å². The number of aliphatic carboxylic acids is 1. The Balaban J connectivity index is 1.51. The van der Waals surface area contributed by atoms with Gasteiger partial charge in [0.05, 0.1) is 19.1 Å². The number of hydrogen-bond donors (Lipinski definition) is 1. The molecule has 1 aromatic heterocycles. The van der Waals surface area contributed by atoms with Crippen LogP contribution in [0.4, 0.5) is 0 Å². The van der Waals surface area contributed by atoms with Gasteiger partial charge >= 0.3 is 5.97 Å². The zero-order chi connectivity index (χ0) is 23.6. The summed E-state index contributed by atoms with van der Waals surface area (Å²) in [6, 6.07) is 14.7. The fraction of sp³-hybridized carbons (Fsp3) is 0.320. The molecule has 2 amide bonds. The summed E-state index contributed by atoms with van der Waals surface area (Å²) in [7, 11) is 0. The average Bonchev–Trinajstić information content (AvgIpc) is 3.18. The van der Waals surface area contributed by atoms with Crippen molar-refractivity contribution in [3.05, 3.63) is 71.1 Å². The first-order valence-corrected chi connectivity index (χ1v) is 11.2. The number of carbonyl (C=O) groups is 3. The Morgan fingerprint density at radius 3 is 2.55 bits per heavy atom. The third kappa shape index (κ3) is 4.73. The van der Waals surface area contributed by atoms with E-state index in [0.29, 0.717) is 23.7 Å². The Morgan fingerprint density at radius 2 is 1.88 bits per heavy atom. The molecular formula is C25H25ClN2O5. The van der Waals surface area contributed by atoms with Gasteiger partial charge in [0.2, 0.25) is 11.8 Å². The molecule has 1 saturated heterocycles. The molecule has 1 aliphatic heterocycles. The molecule has 172 valence electrons. The molecule has 4 rings (SSSR count). The number of nitrogens with zero attached hydrogens (tertiary/aromatic N) is 2. The summed E-state index contributed by atoms with van der Waals surface area (Å²) in [5.74, 6) is -0.869. The minimum atomic E-state index is -1.02. The summed E-state index contributed by atoms with van der Waals surface area (Å²) in [5.41, 5.74) is -0.189. The van der Waals surface area contributed by atoms with E-state index in [0.717, 1.165) is 16.3 Å². The minimum absolute atomic E-state index is 0.0528. The van der Waals surface area contributed by atoms with Crippen LogP contribution in [-0.2, 0) is 27.3 Å². The standard InChI is InChI=1S/C25H25ClN2O5/c1-25(24(32)27(12-10-23(30)31)15-17-6-8-19(26)9-7-17)11-13-28(25)22(29)14-21-20-5-3-2-4-18(20)16-33-21/h2-9,16H,10-15H2,1H3,(H,30,31). The molecule has 33 heavy (non-hydrogen) atoms. The van der Waals surface area contributed by atoms with Crippen molar-refractivity contribution in [2.75, 3.05) is 13.1 Å². The summed E-state index contributed by atoms with van der Waals surface area (Å²) in [6.45, 7) is 2.50. The summed E-state index contributed by atoms with van der Waals surface area (Å²) in [4.78, 5) is 40.9. The molecule has 2 aromatic carbocycles. The topological polar surface area (TPSA) is 91.1 Å². The molecule has 1 aliphatic rings. The van der Waals surface area contributed by atoms with Crippen LogP contribution in [-0.4, -0.2) is 51.3 Å². The molecular weight excluding hydrogens is 444 g/mol. The van der Waals surface area contributed by atoms with Crippen molar-refractivity contribution in [3.63, 3.8) is 0 Å². The molecule has 3 aromatic rings. The molecule has 7 nitrogen and oxygen atoms in total. The van der Waals surface area contributed by atoms with E-state index < -0.39 is 11.5 Å². The van der Waals surface area contributed by atoms with Crippen LogP contribution in [0, 0.1) is 0 Å². The zero-order valence-corrected chi connectivity index (χ0v) is 19.0. The summed E-state index contributed by atoms with van der Waals surface area (Å²) in [5, 5.41) is 11.5. The van der Waals surface area contributed by atoms with Gasteiger partial charge in [-0.05, 0) is 31.0 Å². The number of carboxylic acids is 1. The molecule has 0 aliphatic carbocycles. The van der Waals surface area contributed by atoms with Crippen LogP contribution >= 0.6 is 11.6 Å². The molecule has 8 heteroatoms. The van der Waals surface area contributed by atoms with E-state index in [2.05, 4.69) is 0 Å². The lowest BCUT2D eigenvalue weighted by Gasteiger charge is -2.51. The largest absolute Gasteiger partial charge is 0.481 e. The highest BCUT2D eigenvalue weighted by molar-refractivity contribution is 6.30. The summed E-state index contributed by atoms with van der Waals surface area (Å²) in [6.07, 6.45) is 2.02. The van der Waals surface area contributed by atoms with Crippen molar-refractivity contribution in [2.45, 2.75) is 38.3 Å². The van der Waals surface area contributed by atoms with Crippen LogP contribution in [0.1, 0.15) is 31.1 Å². The van der Waals surface area contributed by atoms with E-state index in [4.69, 9.17) is 21.1 Å². The number of benzene rings is 2. The number of furan rings is 1. The van der Waals surface area contributed by atoms with Gasteiger partial charge in [0.15, 0.2) is 0 Å². The fourth-order valence-corrected chi connectivity index (χ4v) is 4.36. The van der Waals surface area contributed by atoms with E-state index in [1.54, 1.807) is 42.4 Å². The monoisotopic (exact) mass is 468 g/mol. The highest BCUT2D eigenvalue weighted by Gasteiger charge is 2.51. The lowest BCUT2D eigenvalue weighted by Crippen LogP contribution is -2.68. The Labute approximate surface area is 196 Å². The lowest BCUT2D eigenvalue weighted by molar-refractivity contribution is -0.164. The molecule has 2 heterocycles. The van der Waals surface area contributed by atoms with E-state index in [-0.39, 0.29) is 37.7 Å². The number of carboxylic acid groups (broad SMARTS) is 1. The molecule has 0 saturated carbocycles. The number of carbonyl (C=O) groups excluding carboxylic acids is 2. The Morgan fingerprint density at radius 1 is 1.15 bits per heavy atom. The van der Waals surface area contributed by atoms with Crippen molar-refractivity contribution in [2.24, 2.45) is 0 Å². The molecule has 0 spiro atoms. The number of rotatable bonds is 8. The van der Waals surface area contributed by atoms with Gasteiger partial charge in [-0.1, -0.05) is 48.0 Å². The third-order valence-corrected chi connectivity index (χ3v) is 6.50. The Hall–Kier alpha value is -3.32. The highest BCUT2D eigenvalue weighted by atomic mass is 35.5. The van der Waals surface area contributed by atoms with Crippen molar-refractivity contribution in [3.8, 4) is 0 Å². The number of hydrogen-bond acceptors (Lipinski definition) is 4. The first-order valence-electron chi connectivity index (χ1n) is 10.8. The van der Waals surface area contributed by atoms with Crippen LogP contribution < -0.4 is 0 Å². The van der Waals surface area contributed by atoms with Gasteiger partial charge in [0.25, 0.3) is 0 Å². The van der Waals surface area contributed by atoms with E-state index in [1.165, 1.54) is 4.90 Å². The van der Waals surface area contributed by atoms with Gasteiger partial charge in [0.1, 0.15) is 11.3 Å². The van der Waals surface area contributed by atoms with Crippen LogP contribution in [0.25, 0.3) is 10.8 Å². The van der Waals surface area contributed by atoms with Crippen LogP contribution in [0.3, 0.4) is 0 Å². The van der Waals surface area contributed by atoms with Gasteiger partial charge in [0, 0.05) is 35.4 Å². The smallest absolute Gasteiger partial charge is 0.305 e. The lowest BCUT2D eigenvalue weighted by atomic mass is 9.84. The second kappa shape index (κ2) is 9.27. The number of amides is 2. The fourth-order valence-electron chi connectivity index (χ4n) is 4.24. The zero-order valence-electron chi connectivity index (χ0n) is 18.3. The molecule has 1 N–H and O–H groups in total. The van der Waals surface area contributed by atoms with Crippen molar-refractivity contribution >= 4 is 40.2 Å². The molecule has 1 unspecified atom stereocenters. The highest BCUT2D eigenvalue weighted by Crippen LogP contribution is 2.34. The summed E-state index contributed by atoms with van der Waals surface area (Å²) < 4.78 is 5.62. The van der Waals surface area contributed by atoms with E-state index in [1.807, 2.05) is 24.3 Å². The predicted octanol–water partition coefficient (Wildman–Crippen LogP) is 4.12. The van der Waals surface area contributed by atoms with Gasteiger partial charge in [-0.25, -0.2) is 0 Å². The molecule has 0 radical (unpaired) electrons. The van der Waals surface area contributed by atoms with Gasteiger partial charge < -0.3 is 19.3 Å². The molecule has 0 bridgehead atoms. The number of likely N-dealkylation sites (tertiary alicyclic amines) is 1. The van der Waals surface area contributed by atoms with Crippen LogP contribution in [0.2, 0.25) is 5.02 Å². The molecule has 1 atom stereocenters. The molecule has 1 fully saturated rings.